The van der Waals surface area contributed by atoms with Gasteiger partial charge in [-0.1, -0.05) is 394 Å². The summed E-state index contributed by atoms with van der Waals surface area (Å²) in [6, 6.07) is 172. The van der Waals surface area contributed by atoms with Crippen LogP contribution in [0.3, 0.4) is 0 Å². The number of rotatable bonds is 12. The van der Waals surface area contributed by atoms with Crippen LogP contribution in [-0.2, 0) is 0 Å². The molecule has 29 rings (SSSR count). The van der Waals surface area contributed by atoms with Crippen LogP contribution in [0.5, 0.6) is 0 Å². The Hall–Kier alpha value is -19.4. The van der Waals surface area contributed by atoms with Crippen LogP contribution in [-0.4, -0.2) is 54.0 Å². The third-order valence-corrected chi connectivity index (χ3v) is 27.7. The van der Waals surface area contributed by atoms with Gasteiger partial charge in [-0.15, -0.1) is 0 Å². The van der Waals surface area contributed by atoms with E-state index in [1.165, 1.54) is 80.9 Å². The second-order valence-electron chi connectivity index (χ2n) is 36.2. The van der Waals surface area contributed by atoms with Crippen molar-refractivity contribution in [3.8, 4) is 125 Å². The monoisotopic (exact) mass is 1820 g/mol. The Bertz CT molecular complexity index is 9790. The molecule has 0 aliphatic rings. The summed E-state index contributed by atoms with van der Waals surface area (Å²) in [4.78, 5) is 46.2. The molecule has 0 radical (unpaired) electrons. The van der Waals surface area contributed by atoms with Crippen LogP contribution in [0.15, 0.2) is 496 Å². The first-order chi connectivity index (χ1) is 70.8. The lowest BCUT2D eigenvalue weighted by Gasteiger charge is -2.13. The summed E-state index contributed by atoms with van der Waals surface area (Å²) in [5, 5.41) is 25.7. The number of fused-ring (bicyclic) bond motifs is 21. The standard InChI is InChI=1S/C49H30N4O.C45H27N3.C37H24N4/c1-3-13-31(14-4-1)32-23-25-33(26-24-32)47-50-48(34-27-28-39-38-19-10-12-22-44(38)54-45(39)29-34)52-49(51-47)42-30-41-37-18-9-11-21-43(37)53(35-15-5-2-6-16-35)46(41)40-20-8-7-17-36(40)42;1-4-10-37-28(7-1)13-16-31-19-22-34(25-40(31)37)43-46-44(35-23-20-32-17-14-29-8-2-5-11-38(29)41(32)26-35)48-45(47-43)36-24-21-33-18-15-30-9-3-6-12-39(30)42(33)27-36;1-3-13-26(14-4-1)35-38-36(40-37(39-35)31-20-11-15-25-12-7-8-18-29(25)31)27-22-23-34-32(24-27)30-19-9-10-21-33(30)41(34)28-16-5-2-6-17-28/h1-30H;1-27H;1-24H. The number of nitrogens with zero attached hydrogens (tertiary/aromatic N) is 11. The van der Waals surface area contributed by atoms with Crippen LogP contribution in [0.2, 0.25) is 0 Å². The summed E-state index contributed by atoms with van der Waals surface area (Å²) in [5.41, 5.74) is 19.3. The maximum absolute atomic E-state index is 6.31. The number of furan rings is 1. The maximum atomic E-state index is 6.31. The van der Waals surface area contributed by atoms with E-state index in [1.807, 2.05) is 66.7 Å². The molecule has 0 saturated carbocycles. The molecule has 12 nitrogen and oxygen atoms in total. The van der Waals surface area contributed by atoms with Crippen LogP contribution in [0, 0.1) is 0 Å². The summed E-state index contributed by atoms with van der Waals surface area (Å²) >= 11 is 0. The molecule has 0 saturated heterocycles. The van der Waals surface area contributed by atoms with Crippen LogP contribution in [0.25, 0.3) is 277 Å². The fourth-order valence-electron chi connectivity index (χ4n) is 20.8. The van der Waals surface area contributed by atoms with Gasteiger partial charge in [0.15, 0.2) is 52.4 Å². The van der Waals surface area contributed by atoms with Gasteiger partial charge in [-0.25, -0.2) is 44.9 Å². The van der Waals surface area contributed by atoms with E-state index in [-0.39, 0.29) is 0 Å². The molecule has 6 heterocycles. The number of aromatic nitrogens is 11. The lowest BCUT2D eigenvalue weighted by molar-refractivity contribution is 0.669. The fraction of sp³-hybridized carbons (Fsp3) is 0. The van der Waals surface area contributed by atoms with E-state index < -0.39 is 0 Å². The first-order valence-electron chi connectivity index (χ1n) is 48.1. The molecule has 6 aromatic heterocycles. The van der Waals surface area contributed by atoms with E-state index in [9.17, 15) is 0 Å². The fourth-order valence-corrected chi connectivity index (χ4v) is 20.8. The van der Waals surface area contributed by atoms with Crippen molar-refractivity contribution in [3.05, 3.63) is 491 Å². The molecule has 0 bridgehead atoms. The number of hydrogen-bond donors (Lipinski definition) is 0. The smallest absolute Gasteiger partial charge is 0.164 e. The number of benzene rings is 23. The lowest BCUT2D eigenvalue weighted by atomic mass is 9.99. The van der Waals surface area contributed by atoms with Crippen molar-refractivity contribution >= 4 is 152 Å². The Morgan fingerprint density at radius 3 is 0.958 bits per heavy atom. The maximum Gasteiger partial charge on any atom is 0.164 e. The topological polar surface area (TPSA) is 139 Å². The number of para-hydroxylation sites is 5. The van der Waals surface area contributed by atoms with Crippen molar-refractivity contribution < 1.29 is 4.42 Å². The van der Waals surface area contributed by atoms with E-state index in [0.717, 1.165) is 143 Å². The minimum absolute atomic E-state index is 0.584. The average molecular weight is 1830 g/mol. The van der Waals surface area contributed by atoms with Gasteiger partial charge in [0.25, 0.3) is 0 Å². The van der Waals surface area contributed by atoms with Gasteiger partial charge in [-0.2, -0.15) is 0 Å². The number of hydrogen-bond acceptors (Lipinski definition) is 10. The van der Waals surface area contributed by atoms with Gasteiger partial charge in [-0.3, -0.25) is 0 Å². The molecule has 23 aromatic carbocycles. The van der Waals surface area contributed by atoms with Crippen molar-refractivity contribution in [2.24, 2.45) is 0 Å². The summed E-state index contributed by atoms with van der Waals surface area (Å²) < 4.78 is 11.0. The Morgan fingerprint density at radius 1 is 0.140 bits per heavy atom. The van der Waals surface area contributed by atoms with E-state index in [2.05, 4.69) is 434 Å². The normalized spacial score (nSPS) is 11.6. The van der Waals surface area contributed by atoms with E-state index in [0.29, 0.717) is 52.4 Å². The molecule has 0 atom stereocenters. The first-order valence-corrected chi connectivity index (χ1v) is 48.1. The molecule has 0 aliphatic heterocycles. The zero-order valence-corrected chi connectivity index (χ0v) is 77.1. The Morgan fingerprint density at radius 2 is 0.441 bits per heavy atom. The highest BCUT2D eigenvalue weighted by atomic mass is 16.3. The predicted octanol–water partition coefficient (Wildman–Crippen LogP) is 33.6. The van der Waals surface area contributed by atoms with Gasteiger partial charge in [0.1, 0.15) is 11.2 Å². The molecule has 666 valence electrons. The summed E-state index contributed by atoms with van der Waals surface area (Å²) in [6.45, 7) is 0. The molecule has 29 aromatic rings. The minimum atomic E-state index is 0.584. The molecular formula is C131H81N11O. The van der Waals surface area contributed by atoms with Crippen molar-refractivity contribution in [1.29, 1.82) is 0 Å². The van der Waals surface area contributed by atoms with Crippen LogP contribution >= 0.6 is 0 Å². The summed E-state index contributed by atoms with van der Waals surface area (Å²) in [6.07, 6.45) is 0. The van der Waals surface area contributed by atoms with Gasteiger partial charge in [0.2, 0.25) is 0 Å². The lowest BCUT2D eigenvalue weighted by Crippen LogP contribution is -2.01. The van der Waals surface area contributed by atoms with E-state index in [1.54, 1.807) is 0 Å². The highest BCUT2D eigenvalue weighted by Gasteiger charge is 2.25. The second-order valence-corrected chi connectivity index (χ2v) is 36.2. The van der Waals surface area contributed by atoms with Gasteiger partial charge >= 0.3 is 0 Å². The first kappa shape index (κ1) is 83.0. The summed E-state index contributed by atoms with van der Waals surface area (Å²) in [5.74, 6) is 5.74. The van der Waals surface area contributed by atoms with Gasteiger partial charge in [0, 0.05) is 99.1 Å². The highest BCUT2D eigenvalue weighted by molar-refractivity contribution is 6.22. The van der Waals surface area contributed by atoms with E-state index in [4.69, 9.17) is 49.3 Å². The average Bonchev–Trinajstić information content (AvgIpc) is 1.57. The highest BCUT2D eigenvalue weighted by Crippen LogP contribution is 2.45. The zero-order chi connectivity index (χ0) is 94.4. The SMILES string of the molecule is c1ccc(-c2ccc(-c3nc(-c4ccc5c(c4)oc4ccccc45)nc(-c4cc5c6ccccc6n(-c6ccccc6)c5c5ccccc45)n3)cc2)cc1.c1ccc(-c2nc(-c3ccc4c(c3)c3ccccc3n4-c3ccccc3)nc(-c3cccc4ccccc34)n2)cc1.c1ccc2c(c1)ccc1ccc(-c3nc(-c4ccc5ccc6ccccc6c5c4)nc(-c4ccc5ccc6ccccc6c5c4)n3)cc12. The third-order valence-electron chi connectivity index (χ3n) is 27.7. The molecule has 12 heteroatoms. The largest absolute Gasteiger partial charge is 0.456 e. The molecule has 0 unspecified atom stereocenters. The van der Waals surface area contributed by atoms with Gasteiger partial charge < -0.3 is 13.6 Å². The summed E-state index contributed by atoms with van der Waals surface area (Å²) in [7, 11) is 0. The molecule has 143 heavy (non-hydrogen) atoms. The Labute approximate surface area is 820 Å². The van der Waals surface area contributed by atoms with Crippen LogP contribution in [0.4, 0.5) is 0 Å². The quantitative estimate of drug-likeness (QED) is 0.109. The minimum Gasteiger partial charge on any atom is -0.456 e. The van der Waals surface area contributed by atoms with Crippen LogP contribution < -0.4 is 0 Å². The van der Waals surface area contributed by atoms with Gasteiger partial charge in [0.05, 0.1) is 22.1 Å². The van der Waals surface area contributed by atoms with Crippen molar-refractivity contribution in [3.63, 3.8) is 0 Å². The molecule has 0 amide bonds. The van der Waals surface area contributed by atoms with Crippen molar-refractivity contribution in [1.82, 2.24) is 54.0 Å². The molecule has 0 fully saturated rings. The molecule has 0 spiro atoms. The molecule has 0 N–H and O–H groups in total. The van der Waals surface area contributed by atoms with Gasteiger partial charge in [-0.05, 0) is 189 Å². The zero-order valence-electron chi connectivity index (χ0n) is 77.1. The Balaban J connectivity index is 0.000000108. The molecule has 0 aliphatic carbocycles. The van der Waals surface area contributed by atoms with Crippen molar-refractivity contribution in [2.75, 3.05) is 0 Å². The van der Waals surface area contributed by atoms with Crippen molar-refractivity contribution in [2.45, 2.75) is 0 Å². The molecular weight excluding hydrogens is 1740 g/mol. The van der Waals surface area contributed by atoms with Crippen LogP contribution in [0.1, 0.15) is 0 Å². The Kier molecular flexibility index (Phi) is 20.3. The van der Waals surface area contributed by atoms with E-state index >= 15 is 0 Å². The second kappa shape index (κ2) is 35.0. The predicted molar refractivity (Wildman–Crippen MR) is 590 cm³/mol. The third kappa shape index (κ3) is 15.0.